The van der Waals surface area contributed by atoms with Crippen LogP contribution in [0.1, 0.15) is 30.9 Å². The van der Waals surface area contributed by atoms with Crippen LogP contribution < -0.4 is 0 Å². The molecule has 0 saturated carbocycles. The molecule has 1 fully saturated rings. The summed E-state index contributed by atoms with van der Waals surface area (Å²) >= 11 is 0. The second-order valence-electron chi connectivity index (χ2n) is 4.47. The monoisotopic (exact) mass is 203 g/mol. The Morgan fingerprint density at radius 2 is 1.87 bits per heavy atom. The van der Waals surface area contributed by atoms with Gasteiger partial charge in [-0.05, 0) is 49.9 Å². The van der Waals surface area contributed by atoms with Crippen LogP contribution in [0.3, 0.4) is 0 Å². The Balaban J connectivity index is 1.86. The van der Waals surface area contributed by atoms with Crippen LogP contribution in [0.5, 0.6) is 0 Å². The summed E-state index contributed by atoms with van der Waals surface area (Å²) in [4.78, 5) is 2.58. The molecule has 1 aliphatic heterocycles. The van der Waals surface area contributed by atoms with Crippen LogP contribution in [0, 0.1) is 0 Å². The lowest BCUT2D eigenvalue weighted by Gasteiger charge is -2.14. The van der Waals surface area contributed by atoms with Crippen LogP contribution in [-0.4, -0.2) is 24.5 Å². The maximum absolute atomic E-state index is 2.58. The first-order valence-electron chi connectivity index (χ1n) is 6.18. The highest BCUT2D eigenvalue weighted by Crippen LogP contribution is 2.11. The van der Waals surface area contributed by atoms with Crippen LogP contribution in [0.25, 0.3) is 0 Å². The Morgan fingerprint density at radius 3 is 2.60 bits per heavy atom. The van der Waals surface area contributed by atoms with Crippen molar-refractivity contribution in [3.63, 3.8) is 0 Å². The van der Waals surface area contributed by atoms with E-state index in [1.165, 1.54) is 50.0 Å². The van der Waals surface area contributed by atoms with Crippen molar-refractivity contribution in [2.24, 2.45) is 0 Å². The first-order chi connectivity index (χ1) is 7.38. The van der Waals surface area contributed by atoms with Crippen LogP contribution >= 0.6 is 0 Å². The average molecular weight is 203 g/mol. The highest BCUT2D eigenvalue weighted by molar-refractivity contribution is 5.23. The predicted octanol–water partition coefficient (Wildman–Crippen LogP) is 2.89. The zero-order valence-corrected chi connectivity index (χ0v) is 9.71. The Labute approximate surface area is 93.1 Å². The van der Waals surface area contributed by atoms with Crippen molar-refractivity contribution in [1.29, 1.82) is 0 Å². The SMILES string of the molecule is CCc1cccc(CCN2CCCC2)c1. The number of hydrogen-bond acceptors (Lipinski definition) is 1. The Bertz CT molecular complexity index is 300. The van der Waals surface area contributed by atoms with Gasteiger partial charge in [0.15, 0.2) is 0 Å². The second-order valence-corrected chi connectivity index (χ2v) is 4.47. The molecule has 0 radical (unpaired) electrons. The van der Waals surface area contributed by atoms with Crippen molar-refractivity contribution in [1.82, 2.24) is 4.90 Å². The first-order valence-corrected chi connectivity index (χ1v) is 6.18. The van der Waals surface area contributed by atoms with Gasteiger partial charge in [-0.2, -0.15) is 0 Å². The zero-order valence-electron chi connectivity index (χ0n) is 9.71. The van der Waals surface area contributed by atoms with Gasteiger partial charge in [-0.15, -0.1) is 0 Å². The van der Waals surface area contributed by atoms with E-state index in [0.717, 1.165) is 6.42 Å². The third kappa shape index (κ3) is 3.07. The van der Waals surface area contributed by atoms with Gasteiger partial charge in [0.25, 0.3) is 0 Å². The summed E-state index contributed by atoms with van der Waals surface area (Å²) in [7, 11) is 0. The van der Waals surface area contributed by atoms with E-state index in [4.69, 9.17) is 0 Å². The molecule has 1 aliphatic rings. The lowest BCUT2D eigenvalue weighted by atomic mass is 10.1. The van der Waals surface area contributed by atoms with E-state index in [0.29, 0.717) is 0 Å². The molecule has 0 unspecified atom stereocenters. The lowest BCUT2D eigenvalue weighted by molar-refractivity contribution is 0.343. The summed E-state index contributed by atoms with van der Waals surface area (Å²) < 4.78 is 0. The summed E-state index contributed by atoms with van der Waals surface area (Å²) in [6.07, 6.45) is 5.16. The van der Waals surface area contributed by atoms with Gasteiger partial charge in [-0.1, -0.05) is 31.2 Å². The van der Waals surface area contributed by atoms with Gasteiger partial charge in [0.05, 0.1) is 0 Å². The molecule has 2 rings (SSSR count). The predicted molar refractivity (Wildman–Crippen MR) is 65.2 cm³/mol. The quantitative estimate of drug-likeness (QED) is 0.727. The second kappa shape index (κ2) is 5.32. The van der Waals surface area contributed by atoms with Gasteiger partial charge in [0.1, 0.15) is 0 Å². The van der Waals surface area contributed by atoms with E-state index in [9.17, 15) is 0 Å². The van der Waals surface area contributed by atoms with Crippen molar-refractivity contribution < 1.29 is 0 Å². The largest absolute Gasteiger partial charge is 0.303 e. The molecule has 0 atom stereocenters. The Morgan fingerprint density at radius 1 is 1.13 bits per heavy atom. The van der Waals surface area contributed by atoms with E-state index in [1.807, 2.05) is 0 Å². The minimum Gasteiger partial charge on any atom is -0.303 e. The summed E-state index contributed by atoms with van der Waals surface area (Å²) in [5, 5.41) is 0. The van der Waals surface area contributed by atoms with Crippen molar-refractivity contribution in [2.75, 3.05) is 19.6 Å². The van der Waals surface area contributed by atoms with Gasteiger partial charge in [-0.25, -0.2) is 0 Å². The average Bonchev–Trinajstić information content (AvgIpc) is 2.79. The fraction of sp³-hybridized carbons (Fsp3) is 0.571. The maximum Gasteiger partial charge on any atom is 0.00218 e. The number of hydrogen-bond donors (Lipinski definition) is 0. The molecule has 0 aromatic heterocycles. The molecule has 1 heterocycles. The smallest absolute Gasteiger partial charge is 0.00218 e. The number of benzene rings is 1. The summed E-state index contributed by atoms with van der Waals surface area (Å²) in [6.45, 7) is 6.09. The van der Waals surface area contributed by atoms with Crippen LogP contribution in [0.4, 0.5) is 0 Å². The van der Waals surface area contributed by atoms with E-state index < -0.39 is 0 Å². The molecule has 0 amide bonds. The standard InChI is InChI=1S/C14H21N/c1-2-13-6-5-7-14(12-13)8-11-15-9-3-4-10-15/h5-7,12H,2-4,8-11H2,1H3. The molecular formula is C14H21N. The normalized spacial score (nSPS) is 17.1. The van der Waals surface area contributed by atoms with Gasteiger partial charge in [0, 0.05) is 6.54 Å². The summed E-state index contributed by atoms with van der Waals surface area (Å²) in [6, 6.07) is 9.03. The highest BCUT2D eigenvalue weighted by atomic mass is 15.1. The molecule has 1 heteroatoms. The van der Waals surface area contributed by atoms with E-state index in [-0.39, 0.29) is 0 Å². The van der Waals surface area contributed by atoms with Gasteiger partial charge < -0.3 is 4.90 Å². The molecule has 0 N–H and O–H groups in total. The number of likely N-dealkylation sites (tertiary alicyclic amines) is 1. The third-order valence-corrected chi connectivity index (χ3v) is 3.32. The molecular weight excluding hydrogens is 182 g/mol. The molecule has 1 aromatic carbocycles. The minimum absolute atomic E-state index is 1.15. The zero-order chi connectivity index (χ0) is 10.5. The topological polar surface area (TPSA) is 3.24 Å². The summed E-state index contributed by atoms with van der Waals surface area (Å²) in [5.41, 5.74) is 2.97. The van der Waals surface area contributed by atoms with E-state index >= 15 is 0 Å². The molecule has 0 bridgehead atoms. The van der Waals surface area contributed by atoms with Crippen LogP contribution in [0.15, 0.2) is 24.3 Å². The first kappa shape index (κ1) is 10.7. The highest BCUT2D eigenvalue weighted by Gasteiger charge is 2.10. The Hall–Kier alpha value is -0.820. The number of nitrogens with zero attached hydrogens (tertiary/aromatic N) is 1. The van der Waals surface area contributed by atoms with Crippen LogP contribution in [-0.2, 0) is 12.8 Å². The van der Waals surface area contributed by atoms with Gasteiger partial charge >= 0.3 is 0 Å². The van der Waals surface area contributed by atoms with Crippen molar-refractivity contribution in [3.05, 3.63) is 35.4 Å². The molecule has 82 valence electrons. The lowest BCUT2D eigenvalue weighted by Crippen LogP contribution is -2.21. The molecule has 1 aromatic rings. The van der Waals surface area contributed by atoms with E-state index in [1.54, 1.807) is 0 Å². The summed E-state index contributed by atoms with van der Waals surface area (Å²) in [5.74, 6) is 0. The van der Waals surface area contributed by atoms with Crippen molar-refractivity contribution >= 4 is 0 Å². The van der Waals surface area contributed by atoms with Crippen molar-refractivity contribution in [2.45, 2.75) is 32.6 Å². The fourth-order valence-corrected chi connectivity index (χ4v) is 2.30. The molecule has 1 saturated heterocycles. The number of rotatable bonds is 4. The maximum atomic E-state index is 2.58. The minimum atomic E-state index is 1.15. The van der Waals surface area contributed by atoms with Gasteiger partial charge in [-0.3, -0.25) is 0 Å². The molecule has 0 aliphatic carbocycles. The molecule has 15 heavy (non-hydrogen) atoms. The third-order valence-electron chi connectivity index (χ3n) is 3.32. The fourth-order valence-electron chi connectivity index (χ4n) is 2.30. The molecule has 0 spiro atoms. The van der Waals surface area contributed by atoms with Crippen molar-refractivity contribution in [3.8, 4) is 0 Å². The molecule has 1 nitrogen and oxygen atoms in total. The van der Waals surface area contributed by atoms with Crippen LogP contribution in [0.2, 0.25) is 0 Å². The van der Waals surface area contributed by atoms with E-state index in [2.05, 4.69) is 36.1 Å². The van der Waals surface area contributed by atoms with Gasteiger partial charge in [0.2, 0.25) is 0 Å². The Kier molecular flexibility index (Phi) is 3.79. The number of aryl methyl sites for hydroxylation is 1.